The Kier molecular flexibility index (Phi) is 4.06. The Morgan fingerprint density at radius 1 is 1.52 bits per heavy atom. The zero-order valence-corrected chi connectivity index (χ0v) is 12.2. The highest BCUT2D eigenvalue weighted by Crippen LogP contribution is 2.15. The summed E-state index contributed by atoms with van der Waals surface area (Å²) in [5, 5.41) is 3.49. The molecule has 0 radical (unpaired) electrons. The molecule has 0 aromatic carbocycles. The molecule has 2 aromatic rings. The van der Waals surface area contributed by atoms with E-state index in [0.717, 1.165) is 31.7 Å². The molecule has 0 saturated carbocycles. The fourth-order valence-electron chi connectivity index (χ4n) is 2.70. The molecular weight excluding hydrogens is 268 g/mol. The summed E-state index contributed by atoms with van der Waals surface area (Å²) in [6.07, 6.45) is 7.20. The third-order valence-corrected chi connectivity index (χ3v) is 3.86. The van der Waals surface area contributed by atoms with Crippen molar-refractivity contribution in [2.24, 2.45) is 7.05 Å². The van der Waals surface area contributed by atoms with Gasteiger partial charge in [-0.1, -0.05) is 0 Å². The Bertz CT molecular complexity index is 635. The number of rotatable bonds is 4. The summed E-state index contributed by atoms with van der Waals surface area (Å²) in [5.41, 5.74) is -0.0378. The second-order valence-electron chi connectivity index (χ2n) is 5.41. The van der Waals surface area contributed by atoms with Gasteiger partial charge in [-0.3, -0.25) is 4.79 Å². The Morgan fingerprint density at radius 3 is 3.24 bits per heavy atom. The molecule has 3 rings (SSSR count). The number of furan rings is 1. The summed E-state index contributed by atoms with van der Waals surface area (Å²) in [6.45, 7) is 2.39. The number of aryl methyl sites for hydroxylation is 1. The van der Waals surface area contributed by atoms with Crippen LogP contribution in [0.5, 0.6) is 0 Å². The Hall–Kier alpha value is -2.08. The van der Waals surface area contributed by atoms with Crippen molar-refractivity contribution in [3.8, 4) is 0 Å². The number of aromatic nitrogens is 2. The molecule has 1 aliphatic heterocycles. The molecule has 21 heavy (non-hydrogen) atoms. The van der Waals surface area contributed by atoms with Crippen molar-refractivity contribution < 1.29 is 4.42 Å². The van der Waals surface area contributed by atoms with Crippen molar-refractivity contribution in [3.63, 3.8) is 0 Å². The highest BCUT2D eigenvalue weighted by atomic mass is 16.3. The normalized spacial score (nSPS) is 18.9. The van der Waals surface area contributed by atoms with E-state index >= 15 is 0 Å². The van der Waals surface area contributed by atoms with Gasteiger partial charge in [0.15, 0.2) is 5.82 Å². The fraction of sp³-hybridized carbons (Fsp3) is 0.467. The van der Waals surface area contributed by atoms with Crippen LogP contribution in [0.15, 0.2) is 40.0 Å². The van der Waals surface area contributed by atoms with Gasteiger partial charge in [-0.15, -0.1) is 0 Å². The Balaban J connectivity index is 1.65. The van der Waals surface area contributed by atoms with Gasteiger partial charge >= 0.3 is 0 Å². The summed E-state index contributed by atoms with van der Waals surface area (Å²) in [7, 11) is 1.75. The molecule has 6 nitrogen and oxygen atoms in total. The highest BCUT2D eigenvalue weighted by molar-refractivity contribution is 5.36. The van der Waals surface area contributed by atoms with Crippen LogP contribution in [0.2, 0.25) is 0 Å². The number of anilines is 1. The zero-order valence-electron chi connectivity index (χ0n) is 12.2. The van der Waals surface area contributed by atoms with Gasteiger partial charge in [0.2, 0.25) is 0 Å². The number of hydrogen-bond donors (Lipinski definition) is 1. The lowest BCUT2D eigenvalue weighted by Crippen LogP contribution is -2.47. The number of hydrogen-bond acceptors (Lipinski definition) is 5. The van der Waals surface area contributed by atoms with E-state index in [1.165, 1.54) is 0 Å². The van der Waals surface area contributed by atoms with E-state index in [1.807, 2.05) is 12.1 Å². The minimum atomic E-state index is -0.0378. The van der Waals surface area contributed by atoms with Gasteiger partial charge in [-0.05, 0) is 25.0 Å². The molecule has 0 bridgehead atoms. The van der Waals surface area contributed by atoms with Gasteiger partial charge in [0.05, 0.1) is 12.8 Å². The predicted octanol–water partition coefficient (Wildman–Crippen LogP) is 1.13. The maximum atomic E-state index is 12.1. The number of nitrogens with one attached hydrogen (secondary N) is 1. The SMILES string of the molecule is Cn1ccnc(N2CCC[C@@H](NCc3ccco3)C2)c1=O. The predicted molar refractivity (Wildman–Crippen MR) is 80.3 cm³/mol. The van der Waals surface area contributed by atoms with Crippen LogP contribution in [0.3, 0.4) is 0 Å². The standard InChI is InChI=1S/C15H20N4O2/c1-18-8-6-16-14(15(18)20)19-7-2-4-12(11-19)17-10-13-5-3-9-21-13/h3,5-6,8-9,12,17H,2,4,7,10-11H2,1H3/t12-/m1/s1. The third kappa shape index (κ3) is 3.16. The number of nitrogens with zero attached hydrogens (tertiary/aromatic N) is 3. The van der Waals surface area contributed by atoms with Gasteiger partial charge in [0.1, 0.15) is 5.76 Å². The molecule has 6 heteroatoms. The van der Waals surface area contributed by atoms with Gasteiger partial charge in [0, 0.05) is 38.6 Å². The van der Waals surface area contributed by atoms with Crippen molar-refractivity contribution in [2.45, 2.75) is 25.4 Å². The molecule has 0 aliphatic carbocycles. The first-order valence-corrected chi connectivity index (χ1v) is 7.26. The monoisotopic (exact) mass is 288 g/mol. The maximum Gasteiger partial charge on any atom is 0.293 e. The average molecular weight is 288 g/mol. The van der Waals surface area contributed by atoms with E-state index in [9.17, 15) is 4.79 Å². The second-order valence-corrected chi connectivity index (χ2v) is 5.41. The number of piperidine rings is 1. The fourth-order valence-corrected chi connectivity index (χ4v) is 2.70. The van der Waals surface area contributed by atoms with Gasteiger partial charge < -0.3 is 19.2 Å². The molecule has 112 valence electrons. The van der Waals surface area contributed by atoms with Crippen LogP contribution >= 0.6 is 0 Å². The van der Waals surface area contributed by atoms with Crippen LogP contribution in [0.25, 0.3) is 0 Å². The lowest BCUT2D eigenvalue weighted by atomic mass is 10.1. The lowest BCUT2D eigenvalue weighted by molar-refractivity contribution is 0.393. The van der Waals surface area contributed by atoms with Crippen molar-refractivity contribution in [1.29, 1.82) is 0 Å². The van der Waals surface area contributed by atoms with Gasteiger partial charge in [-0.2, -0.15) is 0 Å². The van der Waals surface area contributed by atoms with Crippen molar-refractivity contribution in [1.82, 2.24) is 14.9 Å². The molecule has 0 amide bonds. The summed E-state index contributed by atoms with van der Waals surface area (Å²) in [5.74, 6) is 1.48. The summed E-state index contributed by atoms with van der Waals surface area (Å²) < 4.78 is 6.90. The first-order chi connectivity index (χ1) is 10.2. The van der Waals surface area contributed by atoms with Crippen LogP contribution < -0.4 is 15.8 Å². The summed E-state index contributed by atoms with van der Waals surface area (Å²) >= 11 is 0. The third-order valence-electron chi connectivity index (χ3n) is 3.86. The van der Waals surface area contributed by atoms with E-state index in [1.54, 1.807) is 30.3 Å². The van der Waals surface area contributed by atoms with Crippen LogP contribution in [0, 0.1) is 0 Å². The molecule has 1 N–H and O–H groups in total. The van der Waals surface area contributed by atoms with Crippen LogP contribution in [-0.2, 0) is 13.6 Å². The van der Waals surface area contributed by atoms with Gasteiger partial charge in [-0.25, -0.2) is 4.98 Å². The highest BCUT2D eigenvalue weighted by Gasteiger charge is 2.22. The minimum Gasteiger partial charge on any atom is -0.468 e. The first-order valence-electron chi connectivity index (χ1n) is 7.26. The van der Waals surface area contributed by atoms with Crippen molar-refractivity contribution in [2.75, 3.05) is 18.0 Å². The smallest absolute Gasteiger partial charge is 0.293 e. The molecule has 3 heterocycles. The minimum absolute atomic E-state index is 0.0378. The molecule has 0 spiro atoms. The zero-order chi connectivity index (χ0) is 14.7. The average Bonchev–Trinajstić information content (AvgIpc) is 3.02. The molecule has 0 unspecified atom stereocenters. The van der Waals surface area contributed by atoms with Crippen LogP contribution in [0.1, 0.15) is 18.6 Å². The lowest BCUT2D eigenvalue weighted by Gasteiger charge is -2.33. The molecular formula is C15H20N4O2. The molecule has 1 aliphatic rings. The van der Waals surface area contributed by atoms with Crippen LogP contribution in [0.4, 0.5) is 5.82 Å². The van der Waals surface area contributed by atoms with E-state index in [2.05, 4.69) is 15.2 Å². The van der Waals surface area contributed by atoms with Gasteiger partial charge in [0.25, 0.3) is 5.56 Å². The second kappa shape index (κ2) is 6.13. The topological polar surface area (TPSA) is 63.3 Å². The molecule has 1 saturated heterocycles. The van der Waals surface area contributed by atoms with E-state index in [-0.39, 0.29) is 5.56 Å². The molecule has 1 atom stereocenters. The van der Waals surface area contributed by atoms with E-state index in [4.69, 9.17) is 4.42 Å². The Labute approximate surface area is 123 Å². The van der Waals surface area contributed by atoms with Crippen molar-refractivity contribution in [3.05, 3.63) is 46.9 Å². The summed E-state index contributed by atoms with van der Waals surface area (Å²) in [6, 6.07) is 4.19. The molecule has 1 fully saturated rings. The summed E-state index contributed by atoms with van der Waals surface area (Å²) in [4.78, 5) is 18.5. The Morgan fingerprint density at radius 2 is 2.43 bits per heavy atom. The quantitative estimate of drug-likeness (QED) is 0.914. The maximum absolute atomic E-state index is 12.1. The van der Waals surface area contributed by atoms with Crippen molar-refractivity contribution >= 4 is 5.82 Å². The van der Waals surface area contributed by atoms with E-state index in [0.29, 0.717) is 18.4 Å². The first kappa shape index (κ1) is 13.9. The molecule has 2 aromatic heterocycles. The van der Waals surface area contributed by atoms with E-state index < -0.39 is 0 Å². The van der Waals surface area contributed by atoms with Crippen LogP contribution in [-0.4, -0.2) is 28.7 Å². The largest absolute Gasteiger partial charge is 0.468 e.